The highest BCUT2D eigenvalue weighted by Crippen LogP contribution is 2.46. The van der Waals surface area contributed by atoms with Crippen LogP contribution in [0.15, 0.2) is 95.3 Å². The molecule has 0 saturated carbocycles. The number of methoxy groups -OCH3 is 2. The van der Waals surface area contributed by atoms with Gasteiger partial charge in [-0.1, -0.05) is 48.5 Å². The molecule has 0 spiro atoms. The van der Waals surface area contributed by atoms with Crippen molar-refractivity contribution >= 4 is 11.8 Å². The fourth-order valence-corrected chi connectivity index (χ4v) is 5.64. The van der Waals surface area contributed by atoms with Crippen molar-refractivity contribution in [2.75, 3.05) is 20.8 Å². The topological polar surface area (TPSA) is 94.1 Å². The summed E-state index contributed by atoms with van der Waals surface area (Å²) in [6.45, 7) is 2.07. The number of allylic oxidation sites excluding steroid dienone is 3. The molecule has 0 aromatic heterocycles. The molecule has 3 aromatic rings. The normalized spacial score (nSPS) is 18.6. The Hall–Kier alpha value is -4.52. The Morgan fingerprint density at radius 2 is 1.62 bits per heavy atom. The lowest BCUT2D eigenvalue weighted by Crippen LogP contribution is -2.36. The van der Waals surface area contributed by atoms with E-state index in [2.05, 4.69) is 5.32 Å². The number of rotatable bonds is 8. The highest BCUT2D eigenvalue weighted by Gasteiger charge is 2.41. The molecule has 1 aliphatic carbocycles. The maximum Gasteiger partial charge on any atom is 0.336 e. The van der Waals surface area contributed by atoms with Crippen LogP contribution in [0.5, 0.6) is 17.2 Å². The van der Waals surface area contributed by atoms with Gasteiger partial charge < -0.3 is 24.6 Å². The fraction of sp³-hybridized carbons (Fsp3) is 0.273. The first kappa shape index (κ1) is 27.1. The molecule has 3 aromatic carbocycles. The quantitative estimate of drug-likeness (QED) is 0.362. The van der Waals surface area contributed by atoms with Crippen LogP contribution in [-0.4, -0.2) is 37.7 Å². The number of nitrogens with one attached hydrogen (secondary N) is 1. The molecular weight excluding hydrogens is 506 g/mol. The summed E-state index contributed by atoms with van der Waals surface area (Å²) >= 11 is 0. The minimum Gasteiger partial charge on any atom is -0.508 e. The molecule has 0 bridgehead atoms. The molecule has 2 atom stereocenters. The van der Waals surface area contributed by atoms with Crippen LogP contribution >= 0.6 is 0 Å². The Bertz CT molecular complexity index is 1470. The fourth-order valence-electron chi connectivity index (χ4n) is 5.64. The number of dihydropyridines is 1. The van der Waals surface area contributed by atoms with Crippen LogP contribution in [0.2, 0.25) is 0 Å². The van der Waals surface area contributed by atoms with E-state index < -0.39 is 11.9 Å². The average molecular weight is 540 g/mol. The number of ether oxygens (including phenoxy) is 3. The van der Waals surface area contributed by atoms with Crippen LogP contribution in [-0.2, 0) is 20.7 Å². The number of hydrogen-bond acceptors (Lipinski definition) is 7. The van der Waals surface area contributed by atoms with Crippen molar-refractivity contribution in [3.63, 3.8) is 0 Å². The van der Waals surface area contributed by atoms with E-state index in [1.807, 2.05) is 55.5 Å². The third kappa shape index (κ3) is 5.45. The number of phenols is 1. The van der Waals surface area contributed by atoms with Crippen molar-refractivity contribution in [3.8, 4) is 17.2 Å². The molecule has 40 heavy (non-hydrogen) atoms. The van der Waals surface area contributed by atoms with Crippen molar-refractivity contribution in [1.82, 2.24) is 5.32 Å². The van der Waals surface area contributed by atoms with Gasteiger partial charge in [0, 0.05) is 35.7 Å². The van der Waals surface area contributed by atoms with Gasteiger partial charge >= 0.3 is 5.97 Å². The third-order valence-corrected chi connectivity index (χ3v) is 7.62. The second-order valence-corrected chi connectivity index (χ2v) is 10.1. The Morgan fingerprint density at radius 3 is 2.33 bits per heavy atom. The number of hydrogen-bond donors (Lipinski definition) is 2. The number of benzene rings is 3. The summed E-state index contributed by atoms with van der Waals surface area (Å²) in [4.78, 5) is 27.4. The van der Waals surface area contributed by atoms with E-state index in [9.17, 15) is 14.7 Å². The summed E-state index contributed by atoms with van der Waals surface area (Å²) in [5, 5.41) is 13.3. The minimum atomic E-state index is -0.597. The van der Waals surface area contributed by atoms with Crippen molar-refractivity contribution in [1.29, 1.82) is 0 Å². The van der Waals surface area contributed by atoms with Gasteiger partial charge in [0.2, 0.25) is 0 Å². The summed E-state index contributed by atoms with van der Waals surface area (Å²) in [5.41, 5.74) is 5.24. The van der Waals surface area contributed by atoms with Crippen molar-refractivity contribution in [2.24, 2.45) is 0 Å². The SMILES string of the molecule is COc1ccc([C@@H]2CC(=O)C3=C(C2)NC(C)=C(C(=O)OCCc2ccccc2)[C@@H]3c2ccc(O)cc2)cc1OC. The van der Waals surface area contributed by atoms with Crippen molar-refractivity contribution in [2.45, 2.75) is 38.0 Å². The Morgan fingerprint density at radius 1 is 0.925 bits per heavy atom. The first-order valence-electron chi connectivity index (χ1n) is 13.4. The van der Waals surface area contributed by atoms with Gasteiger partial charge in [-0.05, 0) is 60.2 Å². The number of Topliss-reactive ketones (excluding diaryl/α,β-unsaturated/α-hetero) is 1. The third-order valence-electron chi connectivity index (χ3n) is 7.62. The number of carbonyl (C=O) groups excluding carboxylic acids is 2. The first-order valence-corrected chi connectivity index (χ1v) is 13.4. The monoisotopic (exact) mass is 539 g/mol. The van der Waals surface area contributed by atoms with Crippen LogP contribution in [0.4, 0.5) is 0 Å². The van der Waals surface area contributed by atoms with Gasteiger partial charge in [-0.3, -0.25) is 4.79 Å². The van der Waals surface area contributed by atoms with E-state index in [0.717, 1.165) is 22.4 Å². The van der Waals surface area contributed by atoms with Crippen LogP contribution in [0.1, 0.15) is 48.3 Å². The largest absolute Gasteiger partial charge is 0.508 e. The highest BCUT2D eigenvalue weighted by molar-refractivity contribution is 6.04. The van der Waals surface area contributed by atoms with E-state index in [0.29, 0.717) is 47.6 Å². The summed E-state index contributed by atoms with van der Waals surface area (Å²) in [5.74, 6) is 0.205. The lowest BCUT2D eigenvalue weighted by Gasteiger charge is -2.36. The summed E-state index contributed by atoms with van der Waals surface area (Å²) in [7, 11) is 3.18. The maximum atomic E-state index is 13.8. The molecule has 7 nitrogen and oxygen atoms in total. The van der Waals surface area contributed by atoms with Crippen molar-refractivity contribution in [3.05, 3.63) is 112 Å². The number of aromatic hydroxyl groups is 1. The van der Waals surface area contributed by atoms with Gasteiger partial charge in [-0.25, -0.2) is 4.79 Å². The van der Waals surface area contributed by atoms with Crippen LogP contribution < -0.4 is 14.8 Å². The van der Waals surface area contributed by atoms with Gasteiger partial charge in [0.05, 0.1) is 26.4 Å². The molecule has 2 N–H and O–H groups in total. The van der Waals surface area contributed by atoms with E-state index in [4.69, 9.17) is 14.2 Å². The van der Waals surface area contributed by atoms with Gasteiger partial charge in [-0.15, -0.1) is 0 Å². The van der Waals surface area contributed by atoms with Crippen molar-refractivity contribution < 1.29 is 28.9 Å². The predicted molar refractivity (Wildman–Crippen MR) is 151 cm³/mol. The smallest absolute Gasteiger partial charge is 0.336 e. The molecule has 0 fully saturated rings. The summed E-state index contributed by atoms with van der Waals surface area (Å²) < 4.78 is 16.6. The number of carbonyl (C=O) groups is 2. The second-order valence-electron chi connectivity index (χ2n) is 10.1. The van der Waals surface area contributed by atoms with E-state index in [1.165, 1.54) is 0 Å². The highest BCUT2D eigenvalue weighted by atomic mass is 16.5. The molecule has 0 unspecified atom stereocenters. The molecule has 0 radical (unpaired) electrons. The van der Waals surface area contributed by atoms with Gasteiger partial charge in [0.1, 0.15) is 5.75 Å². The summed E-state index contributed by atoms with van der Waals surface area (Å²) in [6.07, 6.45) is 1.48. The zero-order valence-corrected chi connectivity index (χ0v) is 22.9. The van der Waals surface area contributed by atoms with E-state index in [1.54, 1.807) is 38.5 Å². The standard InChI is InChI=1S/C33H33NO6/c1-20-30(33(37)40-16-15-21-7-5-4-6-8-21)31(22-9-12-25(35)13-10-22)32-26(34-20)17-24(18-27(32)36)23-11-14-28(38-2)29(19-23)39-3/h4-14,19,24,31,34-35H,15-18H2,1-3H3/t24-,31-/m0/s1. The lowest BCUT2D eigenvalue weighted by atomic mass is 9.71. The lowest BCUT2D eigenvalue weighted by molar-refractivity contribution is -0.139. The van der Waals surface area contributed by atoms with E-state index >= 15 is 0 Å². The molecule has 0 saturated heterocycles. The summed E-state index contributed by atoms with van der Waals surface area (Å²) in [6, 6.07) is 22.2. The first-order chi connectivity index (χ1) is 19.4. The van der Waals surface area contributed by atoms with Gasteiger partial charge in [0.15, 0.2) is 17.3 Å². The molecule has 7 heteroatoms. The molecule has 206 valence electrons. The molecule has 1 aliphatic heterocycles. The zero-order chi connectivity index (χ0) is 28.2. The van der Waals surface area contributed by atoms with Gasteiger partial charge in [-0.2, -0.15) is 0 Å². The Balaban J connectivity index is 1.46. The maximum absolute atomic E-state index is 13.8. The Labute approximate surface area is 234 Å². The predicted octanol–water partition coefficient (Wildman–Crippen LogP) is 5.56. The second kappa shape index (κ2) is 11.7. The molecular formula is C33H33NO6. The van der Waals surface area contributed by atoms with Gasteiger partial charge in [0.25, 0.3) is 0 Å². The van der Waals surface area contributed by atoms with Crippen LogP contribution in [0.3, 0.4) is 0 Å². The van der Waals surface area contributed by atoms with Crippen LogP contribution in [0, 0.1) is 0 Å². The average Bonchev–Trinajstić information content (AvgIpc) is 2.96. The molecule has 5 rings (SSSR count). The number of ketones is 1. The van der Waals surface area contributed by atoms with E-state index in [-0.39, 0.29) is 24.1 Å². The molecule has 1 heterocycles. The number of esters is 1. The number of phenolic OH excluding ortho intramolecular Hbond substituents is 1. The molecule has 0 amide bonds. The molecule has 2 aliphatic rings. The minimum absolute atomic E-state index is 0.0336. The van der Waals surface area contributed by atoms with Crippen LogP contribution in [0.25, 0.3) is 0 Å². The zero-order valence-electron chi connectivity index (χ0n) is 22.9. The Kier molecular flexibility index (Phi) is 7.91.